The van der Waals surface area contributed by atoms with Crippen molar-refractivity contribution in [2.45, 2.75) is 6.42 Å². The van der Waals surface area contributed by atoms with E-state index < -0.39 is 0 Å². The van der Waals surface area contributed by atoms with Crippen molar-refractivity contribution in [1.29, 1.82) is 5.26 Å². The Bertz CT molecular complexity index is 425. The van der Waals surface area contributed by atoms with E-state index in [9.17, 15) is 4.79 Å². The third kappa shape index (κ3) is 3.13. The molecule has 0 unspecified atom stereocenters. The molecule has 0 saturated carbocycles. The summed E-state index contributed by atoms with van der Waals surface area (Å²) < 4.78 is 4.48. The van der Waals surface area contributed by atoms with Crippen LogP contribution in [0, 0.1) is 11.3 Å². The summed E-state index contributed by atoms with van der Waals surface area (Å²) in [5.41, 5.74) is 6.26. The minimum absolute atomic E-state index is 0.216. The summed E-state index contributed by atoms with van der Waals surface area (Å²) in [6, 6.07) is 3.49. The molecule has 0 bridgehead atoms. The zero-order valence-electron chi connectivity index (χ0n) is 8.86. The maximum Gasteiger partial charge on any atom is 0.307 e. The second-order valence-electron chi connectivity index (χ2n) is 3.03. The van der Waals surface area contributed by atoms with E-state index in [2.05, 4.69) is 15.0 Å². The molecule has 0 radical (unpaired) electrons. The Balaban J connectivity index is 2.61. The standard InChI is InChI=1S/C10H12N4O2/c1-16-9(15)2-3-13-10-7(5-11)4-8(12)6-14-10/h4,6H,2-3,12H2,1H3,(H,13,14). The molecule has 6 nitrogen and oxygen atoms in total. The lowest BCUT2D eigenvalue weighted by molar-refractivity contribution is -0.140. The van der Waals surface area contributed by atoms with E-state index in [1.165, 1.54) is 19.4 Å². The molecule has 16 heavy (non-hydrogen) atoms. The first-order chi connectivity index (χ1) is 7.67. The molecule has 0 aliphatic carbocycles. The highest BCUT2D eigenvalue weighted by molar-refractivity contribution is 5.70. The molecule has 6 heteroatoms. The van der Waals surface area contributed by atoms with Gasteiger partial charge in [-0.05, 0) is 6.07 Å². The van der Waals surface area contributed by atoms with Crippen LogP contribution in [0.4, 0.5) is 11.5 Å². The summed E-state index contributed by atoms with van der Waals surface area (Å²) >= 11 is 0. The van der Waals surface area contributed by atoms with Gasteiger partial charge < -0.3 is 15.8 Å². The van der Waals surface area contributed by atoms with Crippen LogP contribution in [0.25, 0.3) is 0 Å². The molecule has 0 saturated heterocycles. The lowest BCUT2D eigenvalue weighted by Gasteiger charge is -2.06. The van der Waals surface area contributed by atoms with Gasteiger partial charge in [0.1, 0.15) is 11.9 Å². The maximum absolute atomic E-state index is 10.8. The smallest absolute Gasteiger partial charge is 0.307 e. The fourth-order valence-electron chi connectivity index (χ4n) is 1.09. The van der Waals surface area contributed by atoms with Crippen LogP contribution in [0.5, 0.6) is 0 Å². The highest BCUT2D eigenvalue weighted by Crippen LogP contribution is 2.13. The van der Waals surface area contributed by atoms with Gasteiger partial charge in [0, 0.05) is 6.54 Å². The van der Waals surface area contributed by atoms with Crippen molar-refractivity contribution in [1.82, 2.24) is 4.98 Å². The lowest BCUT2D eigenvalue weighted by Crippen LogP contribution is -2.11. The number of rotatable bonds is 4. The van der Waals surface area contributed by atoms with Gasteiger partial charge in [-0.1, -0.05) is 0 Å². The second kappa shape index (κ2) is 5.56. The monoisotopic (exact) mass is 220 g/mol. The van der Waals surface area contributed by atoms with Gasteiger partial charge >= 0.3 is 5.97 Å². The third-order valence-electron chi connectivity index (χ3n) is 1.88. The fourth-order valence-corrected chi connectivity index (χ4v) is 1.09. The number of esters is 1. The Kier molecular flexibility index (Phi) is 4.09. The van der Waals surface area contributed by atoms with Crippen molar-refractivity contribution in [3.05, 3.63) is 17.8 Å². The summed E-state index contributed by atoms with van der Waals surface area (Å²) in [5.74, 6) is 0.0991. The van der Waals surface area contributed by atoms with E-state index in [-0.39, 0.29) is 12.4 Å². The molecule has 0 atom stereocenters. The molecule has 1 aromatic rings. The Morgan fingerprint density at radius 1 is 1.75 bits per heavy atom. The van der Waals surface area contributed by atoms with Gasteiger partial charge in [0.25, 0.3) is 0 Å². The molecule has 0 spiro atoms. The first kappa shape index (κ1) is 11.8. The predicted molar refractivity (Wildman–Crippen MR) is 58.5 cm³/mol. The summed E-state index contributed by atoms with van der Waals surface area (Å²) in [7, 11) is 1.32. The summed E-state index contributed by atoms with van der Waals surface area (Å²) in [5, 5.41) is 11.7. The van der Waals surface area contributed by atoms with Crippen LogP contribution in [-0.4, -0.2) is 24.6 Å². The van der Waals surface area contributed by atoms with Gasteiger partial charge in [-0.3, -0.25) is 4.79 Å². The normalized spacial score (nSPS) is 9.25. The van der Waals surface area contributed by atoms with E-state index in [4.69, 9.17) is 11.0 Å². The van der Waals surface area contributed by atoms with E-state index in [0.717, 1.165) is 0 Å². The highest BCUT2D eigenvalue weighted by atomic mass is 16.5. The number of methoxy groups -OCH3 is 1. The number of aromatic nitrogens is 1. The van der Waals surface area contributed by atoms with Gasteiger partial charge in [-0.15, -0.1) is 0 Å². The molecule has 0 fully saturated rings. The van der Waals surface area contributed by atoms with E-state index in [1.54, 1.807) is 0 Å². The molecule has 1 rings (SSSR count). The quantitative estimate of drug-likeness (QED) is 0.717. The number of carbonyl (C=O) groups excluding carboxylic acids is 1. The van der Waals surface area contributed by atoms with Gasteiger partial charge in [0.2, 0.25) is 0 Å². The van der Waals surface area contributed by atoms with Crippen LogP contribution >= 0.6 is 0 Å². The van der Waals surface area contributed by atoms with Gasteiger partial charge in [0.15, 0.2) is 0 Å². The van der Waals surface area contributed by atoms with Gasteiger partial charge in [0.05, 0.1) is 31.0 Å². The van der Waals surface area contributed by atoms with Crippen molar-refractivity contribution < 1.29 is 9.53 Å². The number of anilines is 2. The molecule has 84 valence electrons. The highest BCUT2D eigenvalue weighted by Gasteiger charge is 2.05. The number of ether oxygens (including phenoxy) is 1. The molecule has 0 aliphatic rings. The number of carbonyl (C=O) groups is 1. The Morgan fingerprint density at radius 3 is 3.12 bits per heavy atom. The molecule has 1 heterocycles. The van der Waals surface area contributed by atoms with E-state index >= 15 is 0 Å². The van der Waals surface area contributed by atoms with Crippen LogP contribution in [0.2, 0.25) is 0 Å². The minimum atomic E-state index is -0.318. The van der Waals surface area contributed by atoms with Crippen molar-refractivity contribution >= 4 is 17.5 Å². The summed E-state index contributed by atoms with van der Waals surface area (Å²) in [4.78, 5) is 14.8. The number of nitrogen functional groups attached to an aromatic ring is 1. The van der Waals surface area contributed by atoms with Crippen LogP contribution in [0.1, 0.15) is 12.0 Å². The molecule has 3 N–H and O–H groups in total. The number of nitriles is 1. The summed E-state index contributed by atoms with van der Waals surface area (Å²) in [6.45, 7) is 0.359. The van der Waals surface area contributed by atoms with Crippen LogP contribution in [0.15, 0.2) is 12.3 Å². The van der Waals surface area contributed by atoms with Crippen LogP contribution in [0.3, 0.4) is 0 Å². The minimum Gasteiger partial charge on any atom is -0.469 e. The first-order valence-electron chi connectivity index (χ1n) is 4.63. The topological polar surface area (TPSA) is 101 Å². The van der Waals surface area contributed by atoms with Crippen LogP contribution in [-0.2, 0) is 9.53 Å². The van der Waals surface area contributed by atoms with E-state index in [0.29, 0.717) is 23.6 Å². The summed E-state index contributed by atoms with van der Waals surface area (Å²) in [6.07, 6.45) is 1.66. The van der Waals surface area contributed by atoms with Crippen molar-refractivity contribution in [3.8, 4) is 6.07 Å². The Morgan fingerprint density at radius 2 is 2.50 bits per heavy atom. The molecule has 0 amide bonds. The van der Waals surface area contributed by atoms with Crippen molar-refractivity contribution in [2.24, 2.45) is 0 Å². The Labute approximate surface area is 93.0 Å². The second-order valence-corrected chi connectivity index (χ2v) is 3.03. The molecule has 1 aromatic heterocycles. The first-order valence-corrected chi connectivity index (χ1v) is 4.63. The molecule has 0 aliphatic heterocycles. The lowest BCUT2D eigenvalue weighted by atomic mass is 10.2. The maximum atomic E-state index is 10.8. The number of pyridine rings is 1. The van der Waals surface area contributed by atoms with Crippen LogP contribution < -0.4 is 11.1 Å². The molecule has 0 aromatic carbocycles. The zero-order chi connectivity index (χ0) is 12.0. The molecular formula is C10H12N4O2. The number of hydrogen-bond donors (Lipinski definition) is 2. The van der Waals surface area contributed by atoms with Gasteiger partial charge in [-0.2, -0.15) is 5.26 Å². The van der Waals surface area contributed by atoms with Gasteiger partial charge in [-0.25, -0.2) is 4.98 Å². The molecular weight excluding hydrogens is 208 g/mol. The SMILES string of the molecule is COC(=O)CCNc1ncc(N)cc1C#N. The number of hydrogen-bond acceptors (Lipinski definition) is 6. The average molecular weight is 220 g/mol. The van der Waals surface area contributed by atoms with E-state index in [1.807, 2.05) is 6.07 Å². The number of nitrogens with one attached hydrogen (secondary N) is 1. The largest absolute Gasteiger partial charge is 0.469 e. The predicted octanol–water partition coefficient (Wildman–Crippen LogP) is 0.510. The third-order valence-corrected chi connectivity index (χ3v) is 1.88. The fraction of sp³-hybridized carbons (Fsp3) is 0.300. The zero-order valence-corrected chi connectivity index (χ0v) is 8.86. The van der Waals surface area contributed by atoms with Crippen molar-refractivity contribution in [3.63, 3.8) is 0 Å². The van der Waals surface area contributed by atoms with Crippen molar-refractivity contribution in [2.75, 3.05) is 24.7 Å². The number of nitrogens with zero attached hydrogens (tertiary/aromatic N) is 2. The number of nitrogens with two attached hydrogens (primary N) is 1. The Hall–Kier alpha value is -2.29. The average Bonchev–Trinajstić information content (AvgIpc) is 2.30.